The van der Waals surface area contributed by atoms with Crippen LogP contribution in [-0.4, -0.2) is 33.6 Å². The lowest BCUT2D eigenvalue weighted by molar-refractivity contribution is 0.155. The molecule has 4 heteroatoms. The zero-order valence-corrected chi connectivity index (χ0v) is 11.1. The summed E-state index contributed by atoms with van der Waals surface area (Å²) in [6.45, 7) is 3.66. The average molecular weight is 256 g/mol. The molecule has 2 heterocycles. The van der Waals surface area contributed by atoms with Gasteiger partial charge in [-0.1, -0.05) is 30.3 Å². The van der Waals surface area contributed by atoms with Gasteiger partial charge in [0, 0.05) is 38.1 Å². The molecule has 19 heavy (non-hydrogen) atoms. The van der Waals surface area contributed by atoms with Crippen LogP contribution >= 0.6 is 0 Å². The van der Waals surface area contributed by atoms with Gasteiger partial charge in [0.15, 0.2) is 0 Å². The first-order chi connectivity index (χ1) is 9.36. The topological polar surface area (TPSA) is 47.1 Å². The highest BCUT2D eigenvalue weighted by molar-refractivity contribution is 5.16. The number of hydrogen-bond donors (Lipinski definition) is 1. The second-order valence-corrected chi connectivity index (χ2v) is 5.09. The van der Waals surface area contributed by atoms with Crippen LogP contribution in [-0.2, 0) is 19.5 Å². The molecule has 4 nitrogen and oxygen atoms in total. The van der Waals surface area contributed by atoms with E-state index in [0.717, 1.165) is 31.9 Å². The highest BCUT2D eigenvalue weighted by Gasteiger charge is 2.23. The Balaban J connectivity index is 1.70. The average Bonchev–Trinajstić information content (AvgIpc) is 2.93. The Morgan fingerprint density at radius 1 is 1.21 bits per heavy atom. The Labute approximate surface area is 113 Å². The number of imidazole rings is 1. The van der Waals surface area contributed by atoms with Gasteiger partial charge in [-0.2, -0.15) is 0 Å². The minimum atomic E-state index is 0.396. The van der Waals surface area contributed by atoms with Gasteiger partial charge in [-0.05, 0) is 12.0 Å². The first-order valence-corrected chi connectivity index (χ1v) is 6.85. The van der Waals surface area contributed by atoms with Crippen molar-refractivity contribution in [3.8, 4) is 0 Å². The lowest BCUT2D eigenvalue weighted by atomic mass is 10.0. The summed E-state index contributed by atoms with van der Waals surface area (Å²) in [6, 6.07) is 11.0. The smallest absolute Gasteiger partial charge is 0.122 e. The van der Waals surface area contributed by atoms with Crippen molar-refractivity contribution in [1.82, 2.24) is 14.5 Å². The van der Waals surface area contributed by atoms with Crippen molar-refractivity contribution in [2.75, 3.05) is 13.1 Å². The van der Waals surface area contributed by atoms with Crippen LogP contribution in [0.4, 0.5) is 0 Å². The maximum absolute atomic E-state index is 5.98. The van der Waals surface area contributed by atoms with E-state index in [1.807, 2.05) is 6.20 Å². The molecule has 100 valence electrons. The van der Waals surface area contributed by atoms with E-state index in [2.05, 4.69) is 51.0 Å². The minimum absolute atomic E-state index is 0.396. The van der Waals surface area contributed by atoms with Crippen LogP contribution < -0.4 is 5.73 Å². The molecule has 0 fully saturated rings. The van der Waals surface area contributed by atoms with Crippen LogP contribution in [0, 0.1) is 0 Å². The molecule has 0 saturated heterocycles. The molecule has 0 spiro atoms. The lowest BCUT2D eigenvalue weighted by Gasteiger charge is -2.34. The molecule has 1 unspecified atom stereocenters. The zero-order chi connectivity index (χ0) is 13.1. The molecule has 1 aliphatic heterocycles. The quantitative estimate of drug-likeness (QED) is 0.896. The van der Waals surface area contributed by atoms with Crippen molar-refractivity contribution in [2.24, 2.45) is 5.73 Å². The summed E-state index contributed by atoms with van der Waals surface area (Å²) >= 11 is 0. The highest BCUT2D eigenvalue weighted by Crippen LogP contribution is 2.15. The van der Waals surface area contributed by atoms with E-state index < -0.39 is 0 Å². The molecule has 1 aromatic carbocycles. The molecule has 1 aromatic heterocycles. The number of nitrogens with two attached hydrogens (primary N) is 1. The predicted octanol–water partition coefficient (Wildman–Crippen LogP) is 1.27. The summed E-state index contributed by atoms with van der Waals surface area (Å²) < 4.78 is 2.23. The molecule has 1 aliphatic rings. The van der Waals surface area contributed by atoms with Gasteiger partial charge in [0.25, 0.3) is 0 Å². The third kappa shape index (κ3) is 2.69. The van der Waals surface area contributed by atoms with Crippen molar-refractivity contribution < 1.29 is 0 Å². The van der Waals surface area contributed by atoms with E-state index in [9.17, 15) is 0 Å². The third-order valence-corrected chi connectivity index (χ3v) is 3.88. The summed E-state index contributed by atoms with van der Waals surface area (Å²) in [4.78, 5) is 6.86. The fourth-order valence-electron chi connectivity index (χ4n) is 2.75. The van der Waals surface area contributed by atoms with E-state index in [4.69, 9.17) is 5.73 Å². The van der Waals surface area contributed by atoms with Gasteiger partial charge >= 0.3 is 0 Å². The molecular formula is C15H20N4. The van der Waals surface area contributed by atoms with Crippen LogP contribution in [0.2, 0.25) is 0 Å². The molecule has 0 bridgehead atoms. The van der Waals surface area contributed by atoms with Gasteiger partial charge in [-0.25, -0.2) is 4.98 Å². The predicted molar refractivity (Wildman–Crippen MR) is 75.6 cm³/mol. The highest BCUT2D eigenvalue weighted by atomic mass is 15.3. The molecule has 2 aromatic rings. The molecule has 2 N–H and O–H groups in total. The Morgan fingerprint density at radius 3 is 2.84 bits per heavy atom. The van der Waals surface area contributed by atoms with E-state index in [1.54, 1.807) is 0 Å². The molecular weight excluding hydrogens is 236 g/mol. The van der Waals surface area contributed by atoms with E-state index in [1.165, 1.54) is 5.56 Å². The van der Waals surface area contributed by atoms with Gasteiger partial charge < -0.3 is 10.3 Å². The lowest BCUT2D eigenvalue weighted by Crippen LogP contribution is -2.46. The van der Waals surface area contributed by atoms with E-state index in [-0.39, 0.29) is 0 Å². The molecule has 0 saturated carbocycles. The maximum Gasteiger partial charge on any atom is 0.122 e. The Kier molecular flexibility index (Phi) is 3.62. The second-order valence-electron chi connectivity index (χ2n) is 5.09. The van der Waals surface area contributed by atoms with Gasteiger partial charge in [0.1, 0.15) is 5.82 Å². The van der Waals surface area contributed by atoms with Crippen molar-refractivity contribution in [1.29, 1.82) is 0 Å². The number of aromatic nitrogens is 2. The summed E-state index contributed by atoms with van der Waals surface area (Å²) in [5.74, 6) is 1.15. The van der Waals surface area contributed by atoms with Crippen molar-refractivity contribution in [3.63, 3.8) is 0 Å². The monoisotopic (exact) mass is 256 g/mol. The van der Waals surface area contributed by atoms with Crippen LogP contribution in [0.1, 0.15) is 11.4 Å². The summed E-state index contributed by atoms with van der Waals surface area (Å²) in [5, 5.41) is 0. The molecule has 3 rings (SSSR count). The van der Waals surface area contributed by atoms with Gasteiger partial charge in [-0.15, -0.1) is 0 Å². The minimum Gasteiger partial charge on any atom is -0.333 e. The number of fused-ring (bicyclic) bond motifs is 1. The molecule has 0 aliphatic carbocycles. The maximum atomic E-state index is 5.98. The Bertz CT molecular complexity index is 520. The van der Waals surface area contributed by atoms with Crippen LogP contribution in [0.3, 0.4) is 0 Å². The van der Waals surface area contributed by atoms with Gasteiger partial charge in [0.05, 0.1) is 6.54 Å². The zero-order valence-electron chi connectivity index (χ0n) is 11.1. The summed E-state index contributed by atoms with van der Waals surface area (Å²) in [6.07, 6.45) is 4.95. The third-order valence-electron chi connectivity index (χ3n) is 3.88. The molecule has 1 atom stereocenters. The SMILES string of the molecule is NCC(Cc1ccccc1)N1CCn2ccnc2C1. The summed E-state index contributed by atoms with van der Waals surface area (Å²) in [7, 11) is 0. The number of rotatable bonds is 4. The fourth-order valence-corrected chi connectivity index (χ4v) is 2.75. The molecule has 0 amide bonds. The van der Waals surface area contributed by atoms with Crippen molar-refractivity contribution in [2.45, 2.75) is 25.6 Å². The van der Waals surface area contributed by atoms with Gasteiger partial charge in [0.2, 0.25) is 0 Å². The van der Waals surface area contributed by atoms with Gasteiger partial charge in [-0.3, -0.25) is 4.90 Å². The van der Waals surface area contributed by atoms with E-state index in [0.29, 0.717) is 12.6 Å². The van der Waals surface area contributed by atoms with Crippen LogP contribution in [0.5, 0.6) is 0 Å². The van der Waals surface area contributed by atoms with Crippen LogP contribution in [0.15, 0.2) is 42.7 Å². The van der Waals surface area contributed by atoms with Crippen LogP contribution in [0.25, 0.3) is 0 Å². The fraction of sp³-hybridized carbons (Fsp3) is 0.400. The Morgan fingerprint density at radius 2 is 2.05 bits per heavy atom. The van der Waals surface area contributed by atoms with Crippen molar-refractivity contribution in [3.05, 3.63) is 54.1 Å². The molecule has 0 radical (unpaired) electrons. The number of nitrogens with zero attached hydrogens (tertiary/aromatic N) is 3. The summed E-state index contributed by atoms with van der Waals surface area (Å²) in [5.41, 5.74) is 7.33. The first kappa shape index (κ1) is 12.4. The first-order valence-electron chi connectivity index (χ1n) is 6.85. The van der Waals surface area contributed by atoms with Crippen molar-refractivity contribution >= 4 is 0 Å². The van der Waals surface area contributed by atoms with E-state index >= 15 is 0 Å². The largest absolute Gasteiger partial charge is 0.333 e. The number of benzene rings is 1. The number of hydrogen-bond acceptors (Lipinski definition) is 3. The Hall–Kier alpha value is -1.65. The second kappa shape index (κ2) is 5.55. The normalized spacial score (nSPS) is 17.1. The standard InChI is InChI=1S/C15H20N4/c16-11-14(10-13-4-2-1-3-5-13)19-9-8-18-7-6-17-15(18)12-19/h1-7,14H,8-12,16H2.